The summed E-state index contributed by atoms with van der Waals surface area (Å²) < 4.78 is 27.0. The van der Waals surface area contributed by atoms with Gasteiger partial charge in [-0.2, -0.15) is 4.31 Å². The van der Waals surface area contributed by atoms with Crippen LogP contribution < -0.4 is 10.2 Å². The van der Waals surface area contributed by atoms with E-state index in [2.05, 4.69) is 5.32 Å². The maximum Gasteiger partial charge on any atom is 0.243 e. The largest absolute Gasteiger partial charge is 0.348 e. The highest BCUT2D eigenvalue weighted by atomic mass is 32.2. The van der Waals surface area contributed by atoms with E-state index in [1.807, 2.05) is 44.2 Å². The van der Waals surface area contributed by atoms with Crippen LogP contribution in [0.4, 0.5) is 5.69 Å². The predicted molar refractivity (Wildman–Crippen MR) is 116 cm³/mol. The fourth-order valence-corrected chi connectivity index (χ4v) is 5.01. The zero-order chi connectivity index (χ0) is 22.1. The summed E-state index contributed by atoms with van der Waals surface area (Å²) in [5.41, 5.74) is 2.50. The lowest BCUT2D eigenvalue weighted by Crippen LogP contribution is -2.39. The zero-order valence-corrected chi connectivity index (χ0v) is 18.4. The molecule has 2 aromatic rings. The highest BCUT2D eigenvalue weighted by Gasteiger charge is 2.31. The summed E-state index contributed by atoms with van der Waals surface area (Å²) in [4.78, 5) is 26.1. The molecule has 0 saturated carbocycles. The van der Waals surface area contributed by atoms with E-state index in [9.17, 15) is 18.0 Å². The van der Waals surface area contributed by atoms with Crippen molar-refractivity contribution in [3.05, 3.63) is 59.7 Å². The fourth-order valence-electron chi connectivity index (χ4n) is 3.83. The molecule has 3 rings (SSSR count). The maximum atomic E-state index is 13.0. The van der Waals surface area contributed by atoms with Crippen LogP contribution in [-0.2, 0) is 26.0 Å². The lowest BCUT2D eigenvalue weighted by atomic mass is 10.1. The van der Waals surface area contributed by atoms with E-state index in [4.69, 9.17) is 0 Å². The second-order valence-electron chi connectivity index (χ2n) is 7.69. The number of benzene rings is 2. The SMILES string of the molecule is CC(=O)N1c2ccc(S(=O)(=O)N(C)CC(=O)N[C@@H](C)c3ccccc3)cc2C[C@H]1C. The summed E-state index contributed by atoms with van der Waals surface area (Å²) >= 11 is 0. The molecule has 2 aromatic carbocycles. The molecule has 30 heavy (non-hydrogen) atoms. The molecule has 0 aliphatic carbocycles. The molecule has 0 bridgehead atoms. The van der Waals surface area contributed by atoms with E-state index >= 15 is 0 Å². The molecule has 0 aromatic heterocycles. The van der Waals surface area contributed by atoms with Crippen molar-refractivity contribution in [2.45, 2.75) is 44.2 Å². The Morgan fingerprint density at radius 1 is 1.20 bits per heavy atom. The number of fused-ring (bicyclic) bond motifs is 1. The Kier molecular flexibility index (Phi) is 6.28. The van der Waals surface area contributed by atoms with Crippen molar-refractivity contribution < 1.29 is 18.0 Å². The van der Waals surface area contributed by atoms with Gasteiger partial charge in [0.05, 0.1) is 17.5 Å². The zero-order valence-electron chi connectivity index (χ0n) is 17.6. The van der Waals surface area contributed by atoms with Gasteiger partial charge in [-0.1, -0.05) is 30.3 Å². The third-order valence-corrected chi connectivity index (χ3v) is 7.16. The molecule has 2 amide bonds. The lowest BCUT2D eigenvalue weighted by molar-refractivity contribution is -0.121. The average molecular weight is 430 g/mol. The third kappa shape index (κ3) is 4.39. The van der Waals surface area contributed by atoms with E-state index in [0.717, 1.165) is 21.1 Å². The Labute approximate surface area is 177 Å². The van der Waals surface area contributed by atoms with Gasteiger partial charge in [-0.05, 0) is 49.6 Å². The molecule has 0 radical (unpaired) electrons. The van der Waals surface area contributed by atoms with Crippen molar-refractivity contribution in [3.8, 4) is 0 Å². The first-order chi connectivity index (χ1) is 14.1. The summed E-state index contributed by atoms with van der Waals surface area (Å²) in [6.07, 6.45) is 0.594. The van der Waals surface area contributed by atoms with Crippen LogP contribution in [-0.4, -0.2) is 44.2 Å². The number of likely N-dealkylation sites (N-methyl/N-ethyl adjacent to an activating group) is 1. The number of nitrogens with one attached hydrogen (secondary N) is 1. The minimum Gasteiger partial charge on any atom is -0.348 e. The molecule has 1 aliphatic heterocycles. The number of sulfonamides is 1. The van der Waals surface area contributed by atoms with Gasteiger partial charge in [0.15, 0.2) is 0 Å². The van der Waals surface area contributed by atoms with Crippen molar-refractivity contribution in [2.24, 2.45) is 0 Å². The number of anilines is 1. The molecule has 1 aliphatic rings. The van der Waals surface area contributed by atoms with Crippen molar-refractivity contribution in [3.63, 3.8) is 0 Å². The monoisotopic (exact) mass is 429 g/mol. The van der Waals surface area contributed by atoms with Crippen LogP contribution >= 0.6 is 0 Å². The normalized spacial score (nSPS) is 17.0. The average Bonchev–Trinajstić information content (AvgIpc) is 3.03. The van der Waals surface area contributed by atoms with Gasteiger partial charge in [0.1, 0.15) is 0 Å². The van der Waals surface area contributed by atoms with E-state index < -0.39 is 10.0 Å². The first-order valence-electron chi connectivity index (χ1n) is 9.84. The highest BCUT2D eigenvalue weighted by molar-refractivity contribution is 7.89. The number of rotatable bonds is 6. The molecule has 160 valence electrons. The Balaban J connectivity index is 1.72. The standard InChI is InChI=1S/C22H27N3O4S/c1-15-12-19-13-20(10-11-21(19)25(15)17(3)26)30(28,29)24(4)14-22(27)23-16(2)18-8-6-5-7-9-18/h5-11,13,15-16H,12,14H2,1-4H3,(H,23,27)/t15-,16+/m1/s1. The molecule has 0 fully saturated rings. The van der Waals surface area contributed by atoms with E-state index in [0.29, 0.717) is 6.42 Å². The number of nitrogens with zero attached hydrogens (tertiary/aromatic N) is 2. The summed E-state index contributed by atoms with van der Waals surface area (Å²) in [5, 5.41) is 2.83. The van der Waals surface area contributed by atoms with Gasteiger partial charge >= 0.3 is 0 Å². The van der Waals surface area contributed by atoms with Gasteiger partial charge in [-0.15, -0.1) is 0 Å². The number of hydrogen-bond acceptors (Lipinski definition) is 4. The van der Waals surface area contributed by atoms with Gasteiger partial charge in [-0.25, -0.2) is 8.42 Å². The minimum atomic E-state index is -3.84. The second kappa shape index (κ2) is 8.57. The number of carbonyl (C=O) groups is 2. The van der Waals surface area contributed by atoms with Crippen molar-refractivity contribution in [2.75, 3.05) is 18.5 Å². The molecule has 1 heterocycles. The molecule has 7 nitrogen and oxygen atoms in total. The van der Waals surface area contributed by atoms with Crippen molar-refractivity contribution in [1.82, 2.24) is 9.62 Å². The van der Waals surface area contributed by atoms with Crippen LogP contribution in [0.2, 0.25) is 0 Å². The molecular formula is C22H27N3O4S. The van der Waals surface area contributed by atoms with Gasteiger partial charge < -0.3 is 10.2 Å². The fraction of sp³-hybridized carbons (Fsp3) is 0.364. The summed E-state index contributed by atoms with van der Waals surface area (Å²) in [7, 11) is -2.45. The Bertz CT molecular complexity index is 1050. The summed E-state index contributed by atoms with van der Waals surface area (Å²) in [5.74, 6) is -0.451. The van der Waals surface area contributed by atoms with Crippen LogP contribution in [0, 0.1) is 0 Å². The molecule has 0 saturated heterocycles. The van der Waals surface area contributed by atoms with Crippen LogP contribution in [0.5, 0.6) is 0 Å². The van der Waals surface area contributed by atoms with E-state index in [1.54, 1.807) is 17.0 Å². The van der Waals surface area contributed by atoms with Crippen molar-refractivity contribution >= 4 is 27.5 Å². The Hall–Kier alpha value is -2.71. The molecule has 8 heteroatoms. The molecule has 1 N–H and O–H groups in total. The molecular weight excluding hydrogens is 402 g/mol. The van der Waals surface area contributed by atoms with Gasteiger partial charge in [-0.3, -0.25) is 9.59 Å². The minimum absolute atomic E-state index is 0.0153. The molecule has 0 spiro atoms. The first-order valence-corrected chi connectivity index (χ1v) is 11.3. The molecule has 2 atom stereocenters. The Morgan fingerprint density at radius 3 is 2.50 bits per heavy atom. The highest BCUT2D eigenvalue weighted by Crippen LogP contribution is 2.34. The number of amides is 2. The van der Waals surface area contributed by atoms with E-state index in [-0.39, 0.29) is 35.3 Å². The lowest BCUT2D eigenvalue weighted by Gasteiger charge is -2.21. The van der Waals surface area contributed by atoms with Gasteiger partial charge in [0.25, 0.3) is 0 Å². The smallest absolute Gasteiger partial charge is 0.243 e. The first kappa shape index (κ1) is 22.0. The van der Waals surface area contributed by atoms with Crippen LogP contribution in [0.3, 0.4) is 0 Å². The molecule has 0 unspecified atom stereocenters. The van der Waals surface area contributed by atoms with Gasteiger partial charge in [0, 0.05) is 25.7 Å². The maximum absolute atomic E-state index is 13.0. The predicted octanol–water partition coefficient (Wildman–Crippen LogP) is 2.48. The van der Waals surface area contributed by atoms with Gasteiger partial charge in [0.2, 0.25) is 21.8 Å². The number of carbonyl (C=O) groups excluding carboxylic acids is 2. The second-order valence-corrected chi connectivity index (χ2v) is 9.74. The topological polar surface area (TPSA) is 86.8 Å². The van der Waals surface area contributed by atoms with Crippen molar-refractivity contribution in [1.29, 1.82) is 0 Å². The Morgan fingerprint density at radius 2 is 1.87 bits per heavy atom. The van der Waals surface area contributed by atoms with Crippen LogP contribution in [0.15, 0.2) is 53.4 Å². The third-order valence-electron chi connectivity index (χ3n) is 5.36. The van der Waals surface area contributed by atoms with E-state index in [1.165, 1.54) is 20.0 Å². The van der Waals surface area contributed by atoms with Crippen LogP contribution in [0.1, 0.15) is 37.9 Å². The number of hydrogen-bond donors (Lipinski definition) is 1. The quantitative estimate of drug-likeness (QED) is 0.764. The summed E-state index contributed by atoms with van der Waals surface area (Å²) in [6, 6.07) is 14.0. The van der Waals surface area contributed by atoms with Crippen LogP contribution in [0.25, 0.3) is 0 Å². The summed E-state index contributed by atoms with van der Waals surface area (Å²) in [6.45, 7) is 5.00.